The Balaban J connectivity index is 1.57. The number of hydrogen-bond acceptors (Lipinski definition) is 3. The first-order valence-corrected chi connectivity index (χ1v) is 8.23. The van der Waals surface area contributed by atoms with Gasteiger partial charge in [-0.05, 0) is 31.7 Å². The molecular formula is C17H23N5O. The van der Waals surface area contributed by atoms with E-state index >= 15 is 0 Å². The minimum atomic E-state index is -0.00548. The number of likely N-dealkylation sites (tertiary alicyclic amines) is 1. The monoisotopic (exact) mass is 313 g/mol. The van der Waals surface area contributed by atoms with E-state index < -0.39 is 0 Å². The van der Waals surface area contributed by atoms with E-state index in [0.29, 0.717) is 6.54 Å². The maximum atomic E-state index is 12.5. The molecule has 1 N–H and O–H groups in total. The zero-order chi connectivity index (χ0) is 16.1. The number of aromatic nitrogens is 3. The van der Waals surface area contributed by atoms with Crippen molar-refractivity contribution in [2.45, 2.75) is 45.3 Å². The highest BCUT2D eigenvalue weighted by Gasteiger charge is 2.28. The first-order valence-electron chi connectivity index (χ1n) is 8.23. The molecule has 6 heteroatoms. The van der Waals surface area contributed by atoms with Crippen molar-refractivity contribution < 1.29 is 4.79 Å². The van der Waals surface area contributed by atoms with Crippen LogP contribution in [-0.4, -0.2) is 38.3 Å². The molecule has 0 bridgehead atoms. The van der Waals surface area contributed by atoms with Gasteiger partial charge in [-0.25, -0.2) is 4.79 Å². The molecule has 0 radical (unpaired) electrons. The lowest BCUT2D eigenvalue weighted by molar-refractivity contribution is 0.191. The van der Waals surface area contributed by atoms with Gasteiger partial charge in [0, 0.05) is 19.1 Å². The molecule has 1 fully saturated rings. The van der Waals surface area contributed by atoms with Crippen molar-refractivity contribution in [2.24, 2.45) is 0 Å². The average molecular weight is 313 g/mol. The molecule has 2 amide bonds. The van der Waals surface area contributed by atoms with Crippen LogP contribution in [0.4, 0.5) is 4.79 Å². The third-order valence-electron chi connectivity index (χ3n) is 4.39. The lowest BCUT2D eigenvalue weighted by atomic mass is 10.0. The van der Waals surface area contributed by atoms with E-state index in [1.54, 1.807) is 6.33 Å². The van der Waals surface area contributed by atoms with Crippen LogP contribution in [-0.2, 0) is 19.5 Å². The van der Waals surface area contributed by atoms with Crippen LogP contribution >= 0.6 is 0 Å². The van der Waals surface area contributed by atoms with Crippen LogP contribution in [0.25, 0.3) is 0 Å². The van der Waals surface area contributed by atoms with E-state index in [0.717, 1.165) is 38.2 Å². The van der Waals surface area contributed by atoms with E-state index in [1.807, 2.05) is 34.6 Å². The molecule has 2 aromatic rings. The smallest absolute Gasteiger partial charge is 0.318 e. The number of urea groups is 1. The van der Waals surface area contributed by atoms with Gasteiger partial charge in [0.05, 0.1) is 6.54 Å². The van der Waals surface area contributed by atoms with Crippen molar-refractivity contribution in [3.8, 4) is 0 Å². The highest BCUT2D eigenvalue weighted by molar-refractivity contribution is 5.74. The molecule has 2 heterocycles. The van der Waals surface area contributed by atoms with Crippen LogP contribution < -0.4 is 5.32 Å². The number of carbonyl (C=O) groups is 1. The second-order valence-electron chi connectivity index (χ2n) is 5.87. The van der Waals surface area contributed by atoms with E-state index in [4.69, 9.17) is 0 Å². The molecule has 1 saturated heterocycles. The Hall–Kier alpha value is -2.37. The van der Waals surface area contributed by atoms with Crippen LogP contribution in [0.2, 0.25) is 0 Å². The van der Waals surface area contributed by atoms with Gasteiger partial charge in [-0.15, -0.1) is 10.2 Å². The van der Waals surface area contributed by atoms with Crippen molar-refractivity contribution in [3.63, 3.8) is 0 Å². The number of carbonyl (C=O) groups excluding carboxylic acids is 1. The summed E-state index contributed by atoms with van der Waals surface area (Å²) >= 11 is 0. The van der Waals surface area contributed by atoms with E-state index in [2.05, 4.69) is 27.6 Å². The van der Waals surface area contributed by atoms with Gasteiger partial charge < -0.3 is 14.8 Å². The molecular weight excluding hydrogens is 290 g/mol. The third-order valence-corrected chi connectivity index (χ3v) is 4.39. The molecule has 0 unspecified atom stereocenters. The molecule has 6 nitrogen and oxygen atoms in total. The van der Waals surface area contributed by atoms with Crippen molar-refractivity contribution in [3.05, 3.63) is 48.0 Å². The fraction of sp³-hybridized carbons (Fsp3) is 0.471. The first kappa shape index (κ1) is 15.5. The van der Waals surface area contributed by atoms with Gasteiger partial charge in [-0.1, -0.05) is 30.3 Å². The molecule has 122 valence electrons. The van der Waals surface area contributed by atoms with Crippen molar-refractivity contribution in [2.75, 3.05) is 6.54 Å². The van der Waals surface area contributed by atoms with Crippen LogP contribution in [0.1, 0.15) is 31.2 Å². The second kappa shape index (κ2) is 7.26. The van der Waals surface area contributed by atoms with E-state index in [9.17, 15) is 4.79 Å². The number of hydrogen-bond donors (Lipinski definition) is 1. The van der Waals surface area contributed by atoms with Gasteiger partial charge in [-0.3, -0.25) is 0 Å². The summed E-state index contributed by atoms with van der Waals surface area (Å²) in [5, 5.41) is 10.9. The molecule has 1 aromatic heterocycles. The topological polar surface area (TPSA) is 63.1 Å². The number of amides is 2. The Labute approximate surface area is 136 Å². The summed E-state index contributed by atoms with van der Waals surface area (Å²) in [5.74, 6) is 0.791. The second-order valence-corrected chi connectivity index (χ2v) is 5.87. The van der Waals surface area contributed by atoms with Gasteiger partial charge in [-0.2, -0.15) is 0 Å². The summed E-state index contributed by atoms with van der Waals surface area (Å²) < 4.78 is 1.94. The normalized spacial score (nSPS) is 17.4. The van der Waals surface area contributed by atoms with Crippen molar-refractivity contribution >= 4 is 6.03 Å². The van der Waals surface area contributed by atoms with Gasteiger partial charge in [0.15, 0.2) is 5.82 Å². The molecule has 1 aliphatic rings. The van der Waals surface area contributed by atoms with Crippen LogP contribution in [0.3, 0.4) is 0 Å². The highest BCUT2D eigenvalue weighted by atomic mass is 16.2. The first-order chi connectivity index (χ1) is 11.3. The zero-order valence-corrected chi connectivity index (χ0v) is 13.5. The number of nitrogens with one attached hydrogen (secondary N) is 1. The summed E-state index contributed by atoms with van der Waals surface area (Å²) in [6.45, 7) is 4.08. The van der Waals surface area contributed by atoms with Crippen molar-refractivity contribution in [1.29, 1.82) is 0 Å². The Morgan fingerprint density at radius 2 is 2.17 bits per heavy atom. The maximum Gasteiger partial charge on any atom is 0.318 e. The highest BCUT2D eigenvalue weighted by Crippen LogP contribution is 2.21. The third kappa shape index (κ3) is 3.70. The summed E-state index contributed by atoms with van der Waals surface area (Å²) in [6.07, 6.45) is 4.73. The summed E-state index contributed by atoms with van der Waals surface area (Å²) in [4.78, 5) is 14.5. The Kier molecular flexibility index (Phi) is 4.90. The van der Waals surface area contributed by atoms with Crippen LogP contribution in [0.5, 0.6) is 0 Å². The van der Waals surface area contributed by atoms with Gasteiger partial charge >= 0.3 is 6.03 Å². The zero-order valence-electron chi connectivity index (χ0n) is 13.5. The predicted octanol–water partition coefficient (Wildman–Crippen LogP) is 2.21. The fourth-order valence-electron chi connectivity index (χ4n) is 3.14. The predicted molar refractivity (Wildman–Crippen MR) is 87.8 cm³/mol. The number of aryl methyl sites for hydroxylation is 1. The molecule has 23 heavy (non-hydrogen) atoms. The Bertz CT molecular complexity index is 639. The Morgan fingerprint density at radius 3 is 2.96 bits per heavy atom. The van der Waals surface area contributed by atoms with Gasteiger partial charge in [0.25, 0.3) is 0 Å². The lowest BCUT2D eigenvalue weighted by Gasteiger charge is -2.25. The molecule has 3 rings (SSSR count). The van der Waals surface area contributed by atoms with E-state index in [1.165, 1.54) is 5.56 Å². The quantitative estimate of drug-likeness (QED) is 0.920. The molecule has 1 atom stereocenters. The number of benzene rings is 1. The standard InChI is InChI=1S/C17H23N5O/c1-2-21-13-19-20-16(21)12-18-17(23)22-10-6-9-15(22)11-14-7-4-3-5-8-14/h3-5,7-8,13,15H,2,6,9-12H2,1H3,(H,18,23)/t15-/m0/s1. The molecule has 1 aromatic carbocycles. The molecule has 0 aliphatic carbocycles. The average Bonchev–Trinajstić information content (AvgIpc) is 3.22. The number of nitrogens with zero attached hydrogens (tertiary/aromatic N) is 4. The minimum absolute atomic E-state index is 0.00548. The molecule has 0 saturated carbocycles. The van der Waals surface area contributed by atoms with Crippen LogP contribution in [0.15, 0.2) is 36.7 Å². The molecule has 0 spiro atoms. The van der Waals surface area contributed by atoms with Crippen molar-refractivity contribution in [1.82, 2.24) is 25.0 Å². The summed E-state index contributed by atoms with van der Waals surface area (Å²) in [5.41, 5.74) is 1.28. The van der Waals surface area contributed by atoms with Gasteiger partial charge in [0.2, 0.25) is 0 Å². The van der Waals surface area contributed by atoms with E-state index in [-0.39, 0.29) is 12.1 Å². The maximum absolute atomic E-state index is 12.5. The lowest BCUT2D eigenvalue weighted by Crippen LogP contribution is -2.43. The SMILES string of the molecule is CCn1cnnc1CNC(=O)N1CCC[C@H]1Cc1ccccc1. The summed E-state index contributed by atoms with van der Waals surface area (Å²) in [7, 11) is 0. The van der Waals surface area contributed by atoms with Crippen LogP contribution in [0, 0.1) is 0 Å². The fourth-order valence-corrected chi connectivity index (χ4v) is 3.14. The van der Waals surface area contributed by atoms with Gasteiger partial charge in [0.1, 0.15) is 6.33 Å². The molecule has 1 aliphatic heterocycles. The number of rotatable bonds is 5. The minimum Gasteiger partial charge on any atom is -0.331 e. The largest absolute Gasteiger partial charge is 0.331 e. The summed E-state index contributed by atoms with van der Waals surface area (Å²) in [6, 6.07) is 10.6. The Morgan fingerprint density at radius 1 is 1.35 bits per heavy atom.